The zero-order valence-corrected chi connectivity index (χ0v) is 44.6. The van der Waals surface area contributed by atoms with Crippen LogP contribution >= 0.6 is 22.7 Å². The molecule has 0 radical (unpaired) electrons. The molecule has 0 aliphatic carbocycles. The van der Waals surface area contributed by atoms with Crippen LogP contribution in [0.25, 0.3) is 20.2 Å². The number of aryl methyl sites for hydroxylation is 2. The van der Waals surface area contributed by atoms with E-state index in [1.807, 2.05) is 56.3 Å². The summed E-state index contributed by atoms with van der Waals surface area (Å²) < 4.78 is 64.7. The van der Waals surface area contributed by atoms with Gasteiger partial charge in [0.05, 0.1) is 18.8 Å². The number of carbonyl (C=O) groups excluding carboxylic acids is 2. The monoisotopic (exact) mass is 1070 g/mol. The van der Waals surface area contributed by atoms with Crippen LogP contribution in [0.1, 0.15) is 86.7 Å². The largest absolute Gasteiger partial charge is 0.508 e. The van der Waals surface area contributed by atoms with Gasteiger partial charge in [0.2, 0.25) is 11.6 Å². The third-order valence-electron chi connectivity index (χ3n) is 13.7. The first-order chi connectivity index (χ1) is 36.5. The molecule has 2 aliphatic rings. The molecule has 6 aromatic carbocycles. The number of aromatic hydroxyl groups is 2. The molecule has 2 aromatic heterocycles. The number of hydrogen-bond acceptors (Lipinski definition) is 12. The summed E-state index contributed by atoms with van der Waals surface area (Å²) in [6.45, 7) is 16.6. The van der Waals surface area contributed by atoms with Gasteiger partial charge in [-0.3, -0.25) is 9.59 Å². The highest BCUT2D eigenvalue weighted by Crippen LogP contribution is 2.45. The van der Waals surface area contributed by atoms with Gasteiger partial charge >= 0.3 is 6.18 Å². The number of fused-ring (bicyclic) bond motifs is 2. The van der Waals surface area contributed by atoms with E-state index in [-0.39, 0.29) is 33.5 Å². The van der Waals surface area contributed by atoms with Crippen molar-refractivity contribution in [1.82, 2.24) is 9.80 Å². The highest BCUT2D eigenvalue weighted by Gasteiger charge is 2.31. The summed E-state index contributed by atoms with van der Waals surface area (Å²) in [7, 11) is 0. The molecule has 10 nitrogen and oxygen atoms in total. The maximum Gasteiger partial charge on any atom is 0.416 e. The quantitative estimate of drug-likeness (QED) is 0.0635. The minimum Gasteiger partial charge on any atom is -0.508 e. The Kier molecular flexibility index (Phi) is 17.0. The van der Waals surface area contributed by atoms with Crippen molar-refractivity contribution >= 4 is 54.4 Å². The molecular weight excluding hydrogens is 1010 g/mol. The molecule has 15 heteroatoms. The molecule has 0 saturated carbocycles. The minimum atomic E-state index is -4.49. The van der Waals surface area contributed by atoms with Gasteiger partial charge in [0, 0.05) is 57.5 Å². The summed E-state index contributed by atoms with van der Waals surface area (Å²) >= 11 is 2.45. The predicted octanol–water partition coefficient (Wildman–Crippen LogP) is 15.1. The first-order valence-corrected chi connectivity index (χ1v) is 27.3. The van der Waals surface area contributed by atoms with E-state index in [1.165, 1.54) is 49.4 Å². The van der Waals surface area contributed by atoms with Crippen LogP contribution in [0.5, 0.6) is 46.0 Å². The van der Waals surface area contributed by atoms with Gasteiger partial charge in [-0.1, -0.05) is 43.7 Å². The summed E-state index contributed by atoms with van der Waals surface area (Å²) in [6, 6.07) is 34.4. The molecule has 2 fully saturated rings. The second-order valence-electron chi connectivity index (χ2n) is 19.9. The Balaban J connectivity index is 0.000000186. The molecule has 396 valence electrons. The SMILES string of the molecule is C[C@@H]1CCN(CCCOc2ccc(Oc3c(C(=O)c4ccc(C(F)(F)F)cc4)sc4cc(O)ccc34)cc2)C1.Cc1ccc(C)c(C(=O)c2sc3cc(O)ccc3c2Oc2ccc(OCCCN3CC[C@@H](C)C3)cc2)c1. The van der Waals surface area contributed by atoms with Gasteiger partial charge in [0.15, 0.2) is 11.5 Å². The van der Waals surface area contributed by atoms with Crippen molar-refractivity contribution in [2.75, 3.05) is 52.5 Å². The van der Waals surface area contributed by atoms with Gasteiger partial charge in [-0.15, -0.1) is 22.7 Å². The van der Waals surface area contributed by atoms with E-state index < -0.39 is 17.5 Å². The predicted molar refractivity (Wildman–Crippen MR) is 295 cm³/mol. The summed E-state index contributed by atoms with van der Waals surface area (Å²) in [6.07, 6.45) is -0.00844. The molecule has 2 saturated heterocycles. The Bertz CT molecular complexity index is 3300. The van der Waals surface area contributed by atoms with Gasteiger partial charge in [-0.2, -0.15) is 13.2 Å². The van der Waals surface area contributed by atoms with Crippen LogP contribution in [0.2, 0.25) is 0 Å². The zero-order chi connectivity index (χ0) is 53.5. The second kappa shape index (κ2) is 24.0. The summed E-state index contributed by atoms with van der Waals surface area (Å²) in [4.78, 5) is 32.7. The van der Waals surface area contributed by atoms with Crippen molar-refractivity contribution in [2.24, 2.45) is 11.8 Å². The molecule has 0 spiro atoms. The van der Waals surface area contributed by atoms with Crippen LogP contribution in [0.4, 0.5) is 13.2 Å². The molecule has 0 unspecified atom stereocenters. The number of nitrogens with zero attached hydrogens (tertiary/aromatic N) is 2. The van der Waals surface area contributed by atoms with Gasteiger partial charge < -0.3 is 39.0 Å². The summed E-state index contributed by atoms with van der Waals surface area (Å²) in [5.41, 5.74) is 1.89. The number of carbonyl (C=O) groups is 2. The number of alkyl halides is 3. The number of halogens is 3. The van der Waals surface area contributed by atoms with Crippen molar-refractivity contribution < 1.29 is 51.9 Å². The van der Waals surface area contributed by atoms with Gasteiger partial charge in [-0.25, -0.2) is 0 Å². The zero-order valence-electron chi connectivity index (χ0n) is 43.0. The fourth-order valence-corrected chi connectivity index (χ4v) is 11.8. The smallest absolute Gasteiger partial charge is 0.416 e. The van der Waals surface area contributed by atoms with Gasteiger partial charge in [0.25, 0.3) is 0 Å². The maximum absolute atomic E-state index is 13.6. The second-order valence-corrected chi connectivity index (χ2v) is 22.0. The number of hydrogen-bond donors (Lipinski definition) is 2. The lowest BCUT2D eigenvalue weighted by Gasteiger charge is -2.15. The molecule has 2 N–H and O–H groups in total. The third kappa shape index (κ3) is 13.4. The number of rotatable bonds is 18. The van der Waals surface area contributed by atoms with E-state index in [1.54, 1.807) is 48.5 Å². The van der Waals surface area contributed by atoms with Crippen LogP contribution in [0.15, 0.2) is 127 Å². The van der Waals surface area contributed by atoms with Crippen molar-refractivity contribution in [3.05, 3.63) is 165 Å². The van der Waals surface area contributed by atoms with Gasteiger partial charge in [0.1, 0.15) is 44.3 Å². The highest BCUT2D eigenvalue weighted by molar-refractivity contribution is 7.22. The first kappa shape index (κ1) is 53.9. The number of phenolic OH excluding ortho intramolecular Hbond substituents is 2. The topological polar surface area (TPSA) is 118 Å². The number of thiophene rings is 2. The number of phenols is 2. The van der Waals surface area contributed by atoms with E-state index >= 15 is 0 Å². The molecule has 0 amide bonds. The summed E-state index contributed by atoms with van der Waals surface area (Å²) in [5, 5.41) is 21.4. The molecule has 4 heterocycles. The van der Waals surface area contributed by atoms with Crippen LogP contribution in [0.3, 0.4) is 0 Å². The fourth-order valence-electron chi connectivity index (χ4n) is 9.53. The molecular formula is C61H61F3N2O8S2. The van der Waals surface area contributed by atoms with E-state index in [4.69, 9.17) is 18.9 Å². The molecule has 2 aliphatic heterocycles. The molecule has 10 rings (SSSR count). The highest BCUT2D eigenvalue weighted by atomic mass is 32.1. The fraction of sp³-hybridized carbons (Fsp3) is 0.311. The Morgan fingerprint density at radius 2 is 1.05 bits per heavy atom. The van der Waals surface area contributed by atoms with Crippen LogP contribution in [-0.4, -0.2) is 84.1 Å². The lowest BCUT2D eigenvalue weighted by molar-refractivity contribution is -0.137. The lowest BCUT2D eigenvalue weighted by atomic mass is 10.0. The van der Waals surface area contributed by atoms with Crippen molar-refractivity contribution in [3.63, 3.8) is 0 Å². The van der Waals surface area contributed by atoms with E-state index in [2.05, 4.69) is 23.6 Å². The van der Waals surface area contributed by atoms with E-state index in [9.17, 15) is 33.0 Å². The number of benzene rings is 6. The number of ether oxygens (including phenoxy) is 4. The summed E-state index contributed by atoms with van der Waals surface area (Å²) in [5.74, 6) is 4.61. The van der Waals surface area contributed by atoms with Crippen LogP contribution in [0, 0.1) is 25.7 Å². The van der Waals surface area contributed by atoms with Crippen molar-refractivity contribution in [1.29, 1.82) is 0 Å². The van der Waals surface area contributed by atoms with Gasteiger partial charge in [-0.05, 0) is 173 Å². The normalized spacial score (nSPS) is 15.9. The minimum absolute atomic E-state index is 0.0320. The average Bonchev–Trinajstić information content (AvgIpc) is 4.20. The Morgan fingerprint density at radius 1 is 0.592 bits per heavy atom. The Morgan fingerprint density at radius 3 is 1.50 bits per heavy atom. The molecule has 76 heavy (non-hydrogen) atoms. The standard InChI is InChI=1S/C31H33NO4S.C30H28F3NO4S/c1-20-5-6-22(3)27(17-20)29(34)31-30(26-12-7-23(33)18-28(26)37-31)36-25-10-8-24(9-11-25)35-16-4-14-32-15-13-21(2)19-32;1-19-13-15-34(18-19)14-2-16-37-23-8-10-24(11-9-23)38-28-25-12-7-22(35)17-26(25)39-29(28)27(36)20-3-5-21(6-4-20)30(31,32)33/h5-12,17-18,21,33H,4,13-16,19H2,1-3H3;3-12,17,19,35H,2,13-16,18H2,1H3/t21-;19-/m11/s1. The van der Waals surface area contributed by atoms with Crippen LogP contribution < -0.4 is 18.9 Å². The first-order valence-electron chi connectivity index (χ1n) is 25.7. The van der Waals surface area contributed by atoms with E-state index in [0.717, 1.165) is 113 Å². The third-order valence-corrected chi connectivity index (χ3v) is 15.9. The molecule has 2 atom stereocenters. The van der Waals surface area contributed by atoms with Crippen LogP contribution in [-0.2, 0) is 6.18 Å². The molecule has 0 bridgehead atoms. The van der Waals surface area contributed by atoms with E-state index in [0.29, 0.717) is 56.7 Å². The van der Waals surface area contributed by atoms with Crippen molar-refractivity contribution in [2.45, 2.75) is 59.6 Å². The average molecular weight is 1070 g/mol. The maximum atomic E-state index is 13.6. The number of ketones is 2. The Labute approximate surface area is 448 Å². The van der Waals surface area contributed by atoms with Crippen molar-refractivity contribution in [3.8, 4) is 46.0 Å². The molecule has 8 aromatic rings. The lowest BCUT2D eigenvalue weighted by Crippen LogP contribution is -2.22. The Hall–Kier alpha value is -6.91. The number of likely N-dealkylation sites (tertiary alicyclic amines) is 2.